The highest BCUT2D eigenvalue weighted by Crippen LogP contribution is 2.13. The minimum Gasteiger partial charge on any atom is -0.497 e. The van der Waals surface area contributed by atoms with E-state index < -0.39 is 5.97 Å². The molecule has 0 aliphatic heterocycles. The molecule has 2 aromatic rings. The van der Waals surface area contributed by atoms with Crippen molar-refractivity contribution in [2.45, 2.75) is 6.61 Å². The van der Waals surface area contributed by atoms with Crippen molar-refractivity contribution in [1.82, 2.24) is 4.98 Å². The van der Waals surface area contributed by atoms with Crippen molar-refractivity contribution < 1.29 is 14.3 Å². The number of benzene rings is 1. The van der Waals surface area contributed by atoms with E-state index in [9.17, 15) is 4.79 Å². The molecule has 0 saturated carbocycles. The number of ether oxygens (including phenoxy) is 2. The van der Waals surface area contributed by atoms with Crippen LogP contribution in [0.5, 0.6) is 5.75 Å². The molecule has 1 aromatic carbocycles. The zero-order valence-electron chi connectivity index (χ0n) is 9.97. The highest BCUT2D eigenvalue weighted by Gasteiger charge is 2.09. The molecule has 0 aliphatic rings. The number of aromatic nitrogens is 1. The maximum atomic E-state index is 11.6. The molecule has 0 saturated heterocycles. The molecule has 0 aliphatic carbocycles. The van der Waals surface area contributed by atoms with Gasteiger partial charge in [0.2, 0.25) is 0 Å². The van der Waals surface area contributed by atoms with E-state index in [1.165, 1.54) is 6.07 Å². The average Bonchev–Trinajstić information content (AvgIpc) is 2.83. The lowest BCUT2D eigenvalue weighted by Crippen LogP contribution is -2.05. The van der Waals surface area contributed by atoms with Crippen LogP contribution in [0.25, 0.3) is 0 Å². The van der Waals surface area contributed by atoms with E-state index in [1.807, 2.05) is 24.3 Å². The Morgan fingerprint density at radius 3 is 2.61 bits per heavy atom. The standard InChI is InChI=1S/C13H14N2O3/c1-17-11-4-2-9(3-5-11)8-18-13(16)12-6-10(14)7-15-12/h2-7,15H,8,14H2,1H3. The first kappa shape index (κ1) is 12.0. The van der Waals surface area contributed by atoms with Gasteiger partial charge in [-0.25, -0.2) is 4.79 Å². The normalized spacial score (nSPS) is 10.1. The SMILES string of the molecule is COc1ccc(COC(=O)c2cc(N)c[nH]2)cc1. The fourth-order valence-electron chi connectivity index (χ4n) is 1.48. The van der Waals surface area contributed by atoms with E-state index >= 15 is 0 Å². The number of nitrogens with one attached hydrogen (secondary N) is 1. The van der Waals surface area contributed by atoms with Crippen LogP contribution in [-0.4, -0.2) is 18.1 Å². The summed E-state index contributed by atoms with van der Waals surface area (Å²) in [6, 6.07) is 8.85. The molecule has 0 radical (unpaired) electrons. The number of anilines is 1. The number of nitrogens with two attached hydrogens (primary N) is 1. The molecule has 18 heavy (non-hydrogen) atoms. The molecule has 5 heteroatoms. The van der Waals surface area contributed by atoms with Gasteiger partial charge in [0, 0.05) is 6.20 Å². The quantitative estimate of drug-likeness (QED) is 0.808. The van der Waals surface area contributed by atoms with Crippen LogP contribution in [0.3, 0.4) is 0 Å². The van der Waals surface area contributed by atoms with Crippen LogP contribution in [0.2, 0.25) is 0 Å². The van der Waals surface area contributed by atoms with Gasteiger partial charge in [-0.1, -0.05) is 12.1 Å². The summed E-state index contributed by atoms with van der Waals surface area (Å²) in [5, 5.41) is 0. The van der Waals surface area contributed by atoms with Crippen LogP contribution in [0.15, 0.2) is 36.5 Å². The first-order chi connectivity index (χ1) is 8.69. The number of hydrogen-bond acceptors (Lipinski definition) is 4. The van der Waals surface area contributed by atoms with Crippen molar-refractivity contribution in [3.05, 3.63) is 47.8 Å². The molecule has 1 heterocycles. The molecule has 5 nitrogen and oxygen atoms in total. The Hall–Kier alpha value is -2.43. The van der Waals surface area contributed by atoms with Crippen molar-refractivity contribution in [3.8, 4) is 5.75 Å². The molecule has 0 atom stereocenters. The zero-order chi connectivity index (χ0) is 13.0. The van der Waals surface area contributed by atoms with Gasteiger partial charge in [0.05, 0.1) is 12.8 Å². The summed E-state index contributed by atoms with van der Waals surface area (Å²) < 4.78 is 10.2. The Kier molecular flexibility index (Phi) is 3.52. The van der Waals surface area contributed by atoms with Gasteiger partial charge < -0.3 is 20.2 Å². The molecule has 94 valence electrons. The highest BCUT2D eigenvalue weighted by atomic mass is 16.5. The summed E-state index contributed by atoms with van der Waals surface area (Å²) in [5.41, 5.74) is 7.25. The molecule has 0 fully saturated rings. The lowest BCUT2D eigenvalue weighted by molar-refractivity contribution is 0.0466. The number of carbonyl (C=O) groups excluding carboxylic acids is 1. The second-order valence-electron chi connectivity index (χ2n) is 3.77. The van der Waals surface area contributed by atoms with E-state index in [4.69, 9.17) is 15.2 Å². The molecule has 0 unspecified atom stereocenters. The van der Waals surface area contributed by atoms with Crippen LogP contribution >= 0.6 is 0 Å². The van der Waals surface area contributed by atoms with Gasteiger partial charge in [0.15, 0.2) is 0 Å². The van der Waals surface area contributed by atoms with Crippen LogP contribution in [0.4, 0.5) is 5.69 Å². The van der Waals surface area contributed by atoms with Crippen molar-refractivity contribution in [3.63, 3.8) is 0 Å². The maximum absolute atomic E-state index is 11.6. The Morgan fingerprint density at radius 1 is 1.33 bits per heavy atom. The van der Waals surface area contributed by atoms with Gasteiger partial charge in [-0.05, 0) is 23.8 Å². The number of nitrogen functional groups attached to an aromatic ring is 1. The third-order valence-corrected chi connectivity index (χ3v) is 2.45. The van der Waals surface area contributed by atoms with E-state index in [0.29, 0.717) is 11.4 Å². The average molecular weight is 246 g/mol. The lowest BCUT2D eigenvalue weighted by atomic mass is 10.2. The molecular formula is C13H14N2O3. The Bertz CT molecular complexity index is 531. The number of methoxy groups -OCH3 is 1. The second kappa shape index (κ2) is 5.27. The van der Waals surface area contributed by atoms with Gasteiger partial charge in [-0.3, -0.25) is 0 Å². The van der Waals surface area contributed by atoms with Crippen LogP contribution in [0, 0.1) is 0 Å². The summed E-state index contributed by atoms with van der Waals surface area (Å²) in [7, 11) is 1.60. The van der Waals surface area contributed by atoms with Crippen molar-refractivity contribution in [1.29, 1.82) is 0 Å². The van der Waals surface area contributed by atoms with Crippen molar-refractivity contribution in [2.24, 2.45) is 0 Å². The van der Waals surface area contributed by atoms with Crippen LogP contribution < -0.4 is 10.5 Å². The van der Waals surface area contributed by atoms with Gasteiger partial charge >= 0.3 is 5.97 Å². The topological polar surface area (TPSA) is 77.3 Å². The summed E-state index contributed by atoms with van der Waals surface area (Å²) >= 11 is 0. The fraction of sp³-hybridized carbons (Fsp3) is 0.154. The molecule has 1 aromatic heterocycles. The number of H-pyrrole nitrogens is 1. The number of esters is 1. The number of carbonyl (C=O) groups is 1. The van der Waals surface area contributed by atoms with E-state index in [0.717, 1.165) is 11.3 Å². The summed E-state index contributed by atoms with van der Waals surface area (Å²) in [6.07, 6.45) is 1.55. The number of rotatable bonds is 4. The second-order valence-corrected chi connectivity index (χ2v) is 3.77. The zero-order valence-corrected chi connectivity index (χ0v) is 9.97. The first-order valence-electron chi connectivity index (χ1n) is 5.43. The number of aromatic amines is 1. The van der Waals surface area contributed by atoms with Gasteiger partial charge in [0.1, 0.15) is 18.1 Å². The molecule has 2 rings (SSSR count). The third kappa shape index (κ3) is 2.82. The van der Waals surface area contributed by atoms with Crippen molar-refractivity contribution in [2.75, 3.05) is 12.8 Å². The first-order valence-corrected chi connectivity index (χ1v) is 5.43. The predicted molar refractivity (Wildman–Crippen MR) is 67.3 cm³/mol. The predicted octanol–water partition coefficient (Wildman–Crippen LogP) is 1.96. The molecule has 0 amide bonds. The number of hydrogen-bond donors (Lipinski definition) is 2. The Morgan fingerprint density at radius 2 is 2.06 bits per heavy atom. The monoisotopic (exact) mass is 246 g/mol. The molecule has 0 bridgehead atoms. The molecule has 3 N–H and O–H groups in total. The smallest absolute Gasteiger partial charge is 0.355 e. The van der Waals surface area contributed by atoms with E-state index in [-0.39, 0.29) is 6.61 Å². The highest BCUT2D eigenvalue weighted by molar-refractivity contribution is 5.88. The third-order valence-electron chi connectivity index (χ3n) is 2.45. The summed E-state index contributed by atoms with van der Waals surface area (Å²) in [6.45, 7) is 0.210. The van der Waals surface area contributed by atoms with Gasteiger partial charge in [0.25, 0.3) is 0 Å². The van der Waals surface area contributed by atoms with Gasteiger partial charge in [-0.15, -0.1) is 0 Å². The maximum Gasteiger partial charge on any atom is 0.355 e. The Labute approximate surface area is 105 Å². The summed E-state index contributed by atoms with van der Waals surface area (Å²) in [5.74, 6) is 0.338. The largest absolute Gasteiger partial charge is 0.497 e. The fourth-order valence-corrected chi connectivity index (χ4v) is 1.48. The van der Waals surface area contributed by atoms with Gasteiger partial charge in [-0.2, -0.15) is 0 Å². The van der Waals surface area contributed by atoms with E-state index in [1.54, 1.807) is 13.3 Å². The minimum atomic E-state index is -0.428. The Balaban J connectivity index is 1.92. The van der Waals surface area contributed by atoms with Crippen molar-refractivity contribution >= 4 is 11.7 Å². The van der Waals surface area contributed by atoms with Crippen LogP contribution in [-0.2, 0) is 11.3 Å². The van der Waals surface area contributed by atoms with E-state index in [2.05, 4.69) is 4.98 Å². The molecule has 0 spiro atoms. The lowest BCUT2D eigenvalue weighted by Gasteiger charge is -2.04. The van der Waals surface area contributed by atoms with Crippen LogP contribution in [0.1, 0.15) is 16.1 Å². The minimum absolute atomic E-state index is 0.210. The molecular weight excluding hydrogens is 232 g/mol. The summed E-state index contributed by atoms with van der Waals surface area (Å²) in [4.78, 5) is 14.4.